The van der Waals surface area contributed by atoms with Crippen molar-refractivity contribution in [1.29, 1.82) is 0 Å². The second kappa shape index (κ2) is 11.5. The predicted molar refractivity (Wildman–Crippen MR) is 133 cm³/mol. The fourth-order valence-electron chi connectivity index (χ4n) is 3.69. The number of nitrogens with one attached hydrogen (secondary N) is 3. The monoisotopic (exact) mass is 464 g/mol. The zero-order valence-electron chi connectivity index (χ0n) is 18.2. The number of halogens is 1. The third-order valence-electron chi connectivity index (χ3n) is 5.65. The Morgan fingerprint density at radius 2 is 1.45 bits per heavy atom. The average molecular weight is 465 g/mol. The van der Waals surface area contributed by atoms with E-state index < -0.39 is 6.04 Å². The minimum atomic E-state index is -0.718. The minimum absolute atomic E-state index is 0. The van der Waals surface area contributed by atoms with Crippen LogP contribution in [0.4, 0.5) is 10.5 Å². The summed E-state index contributed by atoms with van der Waals surface area (Å²) in [6, 6.07) is 26.2. The first-order valence-electron chi connectivity index (χ1n) is 10.9. The molecule has 5 N–H and O–H groups in total. The molecule has 3 amide bonds. The standard InChI is InChI=1S/C26H28N4O2.ClH/c27-23-16-22(23)20-11-13-21(14-12-20)29-25(31)24(15-18-7-3-1-4-8-18)30-26(32)28-17-19-9-5-2-6-10-19;/h1-14,22-24H,15-17,27H2,(H,29,31)(H2,28,30,32);1H/t22-,23+,24?;/m0./s1. The molecular formula is C26H29ClN4O2. The Hall–Kier alpha value is -3.35. The van der Waals surface area contributed by atoms with Crippen LogP contribution >= 0.6 is 12.4 Å². The number of urea groups is 1. The molecule has 0 saturated heterocycles. The van der Waals surface area contributed by atoms with Crippen molar-refractivity contribution in [3.63, 3.8) is 0 Å². The second-order valence-corrected chi connectivity index (χ2v) is 8.17. The van der Waals surface area contributed by atoms with Gasteiger partial charge in [-0.2, -0.15) is 0 Å². The molecule has 1 fully saturated rings. The van der Waals surface area contributed by atoms with Crippen molar-refractivity contribution in [2.75, 3.05) is 5.32 Å². The lowest BCUT2D eigenvalue weighted by atomic mass is 10.0. The third kappa shape index (κ3) is 7.07. The molecule has 0 aromatic heterocycles. The van der Waals surface area contributed by atoms with Crippen LogP contribution in [0.1, 0.15) is 29.0 Å². The highest BCUT2D eigenvalue weighted by atomic mass is 35.5. The van der Waals surface area contributed by atoms with Gasteiger partial charge in [0.2, 0.25) is 5.91 Å². The average Bonchev–Trinajstić information content (AvgIpc) is 3.55. The molecule has 7 heteroatoms. The molecule has 3 aromatic rings. The maximum atomic E-state index is 13.0. The van der Waals surface area contributed by atoms with E-state index in [0.717, 1.165) is 17.5 Å². The van der Waals surface area contributed by atoms with Crippen molar-refractivity contribution in [3.8, 4) is 0 Å². The second-order valence-electron chi connectivity index (χ2n) is 8.17. The van der Waals surface area contributed by atoms with Gasteiger partial charge in [0, 0.05) is 30.6 Å². The van der Waals surface area contributed by atoms with Crippen molar-refractivity contribution in [2.45, 2.75) is 37.4 Å². The number of benzene rings is 3. The Morgan fingerprint density at radius 3 is 2.03 bits per heavy atom. The third-order valence-corrected chi connectivity index (χ3v) is 5.65. The summed E-state index contributed by atoms with van der Waals surface area (Å²) < 4.78 is 0. The summed E-state index contributed by atoms with van der Waals surface area (Å²) in [4.78, 5) is 25.6. The number of rotatable bonds is 8. The minimum Gasteiger partial charge on any atom is -0.334 e. The van der Waals surface area contributed by atoms with Gasteiger partial charge in [-0.3, -0.25) is 4.79 Å². The number of anilines is 1. The van der Waals surface area contributed by atoms with E-state index in [0.29, 0.717) is 24.6 Å². The number of carbonyl (C=O) groups is 2. The smallest absolute Gasteiger partial charge is 0.315 e. The van der Waals surface area contributed by atoms with E-state index in [1.807, 2.05) is 84.9 Å². The van der Waals surface area contributed by atoms with E-state index in [1.165, 1.54) is 5.56 Å². The van der Waals surface area contributed by atoms with Crippen LogP contribution in [0.2, 0.25) is 0 Å². The van der Waals surface area contributed by atoms with Crippen molar-refractivity contribution in [1.82, 2.24) is 10.6 Å². The van der Waals surface area contributed by atoms with E-state index >= 15 is 0 Å². The Bertz CT molecular complexity index is 1040. The molecule has 33 heavy (non-hydrogen) atoms. The summed E-state index contributed by atoms with van der Waals surface area (Å²) in [7, 11) is 0. The van der Waals surface area contributed by atoms with E-state index in [4.69, 9.17) is 5.73 Å². The molecular weight excluding hydrogens is 436 g/mol. The van der Waals surface area contributed by atoms with Crippen LogP contribution < -0.4 is 21.7 Å². The van der Waals surface area contributed by atoms with Crippen molar-refractivity contribution in [3.05, 3.63) is 102 Å². The predicted octanol–water partition coefficient (Wildman–Crippen LogP) is 3.97. The molecule has 0 radical (unpaired) electrons. The summed E-state index contributed by atoms with van der Waals surface area (Å²) in [5.41, 5.74) is 9.76. The van der Waals surface area contributed by atoms with E-state index in [9.17, 15) is 9.59 Å². The van der Waals surface area contributed by atoms with Gasteiger partial charge in [-0.1, -0.05) is 72.8 Å². The zero-order chi connectivity index (χ0) is 22.3. The molecule has 1 saturated carbocycles. The van der Waals surface area contributed by atoms with Gasteiger partial charge in [-0.05, 0) is 35.2 Å². The summed E-state index contributed by atoms with van der Waals surface area (Å²) in [6.45, 7) is 0.386. The zero-order valence-corrected chi connectivity index (χ0v) is 19.1. The van der Waals surface area contributed by atoms with Crippen LogP contribution in [-0.4, -0.2) is 24.0 Å². The Kier molecular flexibility index (Phi) is 8.46. The molecule has 1 aliphatic rings. The number of nitrogens with two attached hydrogens (primary N) is 1. The summed E-state index contributed by atoms with van der Waals surface area (Å²) in [6.07, 6.45) is 1.40. The van der Waals surface area contributed by atoms with Gasteiger partial charge < -0.3 is 21.7 Å². The molecule has 0 heterocycles. The lowest BCUT2D eigenvalue weighted by molar-refractivity contribution is -0.117. The largest absolute Gasteiger partial charge is 0.334 e. The quantitative estimate of drug-likeness (QED) is 0.406. The van der Waals surface area contributed by atoms with Gasteiger partial charge in [-0.25, -0.2) is 4.79 Å². The fourth-order valence-corrected chi connectivity index (χ4v) is 3.69. The van der Waals surface area contributed by atoms with Crippen molar-refractivity contribution >= 4 is 30.0 Å². The lowest BCUT2D eigenvalue weighted by Crippen LogP contribution is -2.49. The fraction of sp³-hybridized carbons (Fsp3) is 0.231. The Morgan fingerprint density at radius 1 is 0.879 bits per heavy atom. The molecule has 0 aliphatic heterocycles. The molecule has 6 nitrogen and oxygen atoms in total. The molecule has 3 aromatic carbocycles. The lowest BCUT2D eigenvalue weighted by Gasteiger charge is -2.19. The molecule has 1 unspecified atom stereocenters. The van der Waals surface area contributed by atoms with Crippen molar-refractivity contribution in [2.24, 2.45) is 5.73 Å². The van der Waals surface area contributed by atoms with Crippen LogP contribution in [0.5, 0.6) is 0 Å². The van der Waals surface area contributed by atoms with Gasteiger partial charge in [0.1, 0.15) is 6.04 Å². The molecule has 4 rings (SSSR count). The van der Waals surface area contributed by atoms with Crippen LogP contribution in [0, 0.1) is 0 Å². The van der Waals surface area contributed by atoms with Crippen molar-refractivity contribution < 1.29 is 9.59 Å². The van der Waals surface area contributed by atoms with Crippen LogP contribution in [0.15, 0.2) is 84.9 Å². The topological polar surface area (TPSA) is 96.2 Å². The molecule has 172 valence electrons. The SMILES string of the molecule is Cl.N[C@@H]1C[C@H]1c1ccc(NC(=O)C(Cc2ccccc2)NC(=O)NCc2ccccc2)cc1. The first-order valence-corrected chi connectivity index (χ1v) is 10.9. The highest BCUT2D eigenvalue weighted by Gasteiger charge is 2.34. The normalized spacial score (nSPS) is 17.2. The van der Waals surface area contributed by atoms with Crippen LogP contribution in [0.25, 0.3) is 0 Å². The van der Waals surface area contributed by atoms with Gasteiger partial charge in [0.25, 0.3) is 0 Å². The van der Waals surface area contributed by atoms with Crippen LogP contribution in [-0.2, 0) is 17.8 Å². The molecule has 0 bridgehead atoms. The first kappa shape index (κ1) is 24.3. The highest BCUT2D eigenvalue weighted by molar-refractivity contribution is 5.97. The highest BCUT2D eigenvalue weighted by Crippen LogP contribution is 2.39. The number of amides is 3. The van der Waals surface area contributed by atoms with E-state index in [1.54, 1.807) is 0 Å². The maximum absolute atomic E-state index is 13.0. The van der Waals surface area contributed by atoms with E-state index in [2.05, 4.69) is 16.0 Å². The van der Waals surface area contributed by atoms with Gasteiger partial charge in [0.05, 0.1) is 0 Å². The molecule has 0 spiro atoms. The van der Waals surface area contributed by atoms with Gasteiger partial charge in [0.15, 0.2) is 0 Å². The number of hydrogen-bond donors (Lipinski definition) is 4. The van der Waals surface area contributed by atoms with E-state index in [-0.39, 0.29) is 30.4 Å². The van der Waals surface area contributed by atoms with Crippen LogP contribution in [0.3, 0.4) is 0 Å². The van der Waals surface area contributed by atoms with Gasteiger partial charge in [-0.15, -0.1) is 12.4 Å². The summed E-state index contributed by atoms with van der Waals surface area (Å²) in [5, 5.41) is 8.57. The first-order chi connectivity index (χ1) is 15.6. The molecule has 1 aliphatic carbocycles. The van der Waals surface area contributed by atoms with Gasteiger partial charge >= 0.3 is 6.03 Å². The molecule has 3 atom stereocenters. The number of hydrogen-bond acceptors (Lipinski definition) is 3. The Balaban J connectivity index is 0.00000306. The number of carbonyl (C=O) groups excluding carboxylic acids is 2. The maximum Gasteiger partial charge on any atom is 0.315 e. The Labute approximate surface area is 200 Å². The summed E-state index contributed by atoms with van der Waals surface area (Å²) >= 11 is 0. The summed E-state index contributed by atoms with van der Waals surface area (Å²) in [5.74, 6) is 0.153.